The molecule has 116 valence electrons. The first-order valence-corrected chi connectivity index (χ1v) is 7.26. The minimum atomic E-state index is -0.648. The normalized spacial score (nSPS) is 19.6. The summed E-state index contributed by atoms with van der Waals surface area (Å²) >= 11 is 3.44. The van der Waals surface area contributed by atoms with Gasteiger partial charge in [-0.3, -0.25) is 0 Å². The summed E-state index contributed by atoms with van der Waals surface area (Å²) in [5.41, 5.74) is 1.46. The van der Waals surface area contributed by atoms with Gasteiger partial charge in [-0.1, -0.05) is 15.9 Å². The van der Waals surface area contributed by atoms with E-state index in [9.17, 15) is 9.59 Å². The lowest BCUT2D eigenvalue weighted by molar-refractivity contribution is -0.136. The molecule has 0 radical (unpaired) electrons. The van der Waals surface area contributed by atoms with Crippen LogP contribution in [0.5, 0.6) is 11.5 Å². The monoisotopic (exact) mass is 368 g/mol. The van der Waals surface area contributed by atoms with Gasteiger partial charge in [0.25, 0.3) is 0 Å². The molecule has 0 fully saturated rings. The highest BCUT2D eigenvalue weighted by molar-refractivity contribution is 9.10. The van der Waals surface area contributed by atoms with Crippen LogP contribution in [-0.4, -0.2) is 25.9 Å². The van der Waals surface area contributed by atoms with Crippen LogP contribution in [-0.2, 0) is 9.53 Å². The second kappa shape index (κ2) is 5.53. The standard InChI is InChI=1S/C14H13BrN2O5/c1-6-11(13(18)20-2)12(17-14(19)16-6)7-3-9-10(4-8(7)15)22-5-21-9/h3-4,12H,5H2,1-2H3,(H2,16,17,19)/t12-/m0/s1. The van der Waals surface area contributed by atoms with Gasteiger partial charge in [-0.25, -0.2) is 9.59 Å². The molecule has 2 aliphatic heterocycles. The quantitative estimate of drug-likeness (QED) is 0.779. The van der Waals surface area contributed by atoms with Gasteiger partial charge in [-0.2, -0.15) is 0 Å². The molecule has 2 aliphatic rings. The van der Waals surface area contributed by atoms with Crippen molar-refractivity contribution in [2.45, 2.75) is 13.0 Å². The van der Waals surface area contributed by atoms with Crippen LogP contribution in [0.25, 0.3) is 0 Å². The third kappa shape index (κ3) is 2.39. The first-order valence-electron chi connectivity index (χ1n) is 6.47. The predicted molar refractivity (Wildman–Crippen MR) is 79.4 cm³/mol. The minimum Gasteiger partial charge on any atom is -0.466 e. The summed E-state index contributed by atoms with van der Waals surface area (Å²) in [5, 5.41) is 5.30. The zero-order chi connectivity index (χ0) is 15.9. The first kappa shape index (κ1) is 14.7. The highest BCUT2D eigenvalue weighted by Crippen LogP contribution is 2.41. The maximum atomic E-state index is 12.1. The molecular weight excluding hydrogens is 356 g/mol. The number of amides is 2. The molecule has 0 bridgehead atoms. The van der Waals surface area contributed by atoms with E-state index in [1.807, 2.05) is 0 Å². The minimum absolute atomic E-state index is 0.141. The molecule has 3 rings (SSSR count). The van der Waals surface area contributed by atoms with E-state index in [-0.39, 0.29) is 12.8 Å². The van der Waals surface area contributed by atoms with Crippen molar-refractivity contribution in [3.05, 3.63) is 33.4 Å². The predicted octanol–water partition coefficient (Wildman–Crippen LogP) is 1.98. The van der Waals surface area contributed by atoms with Crippen molar-refractivity contribution in [2.24, 2.45) is 0 Å². The molecule has 1 aromatic rings. The Morgan fingerprint density at radius 3 is 2.73 bits per heavy atom. The fraction of sp³-hybridized carbons (Fsp3) is 0.286. The van der Waals surface area contributed by atoms with E-state index < -0.39 is 12.0 Å². The van der Waals surface area contributed by atoms with E-state index in [0.717, 1.165) is 0 Å². The van der Waals surface area contributed by atoms with Crippen LogP contribution in [0.3, 0.4) is 0 Å². The smallest absolute Gasteiger partial charge is 0.337 e. The van der Waals surface area contributed by atoms with Crippen LogP contribution in [0, 0.1) is 0 Å². The molecule has 1 aromatic carbocycles. The second-order valence-corrected chi connectivity index (χ2v) is 5.64. The zero-order valence-electron chi connectivity index (χ0n) is 11.9. The molecule has 0 unspecified atom stereocenters. The van der Waals surface area contributed by atoms with Gasteiger partial charge in [0.15, 0.2) is 11.5 Å². The summed E-state index contributed by atoms with van der Waals surface area (Å²) in [6, 6.07) is 2.44. The molecule has 2 amide bonds. The highest BCUT2D eigenvalue weighted by atomic mass is 79.9. The van der Waals surface area contributed by atoms with Gasteiger partial charge in [0.2, 0.25) is 6.79 Å². The number of hydrogen-bond donors (Lipinski definition) is 2. The van der Waals surface area contributed by atoms with Gasteiger partial charge in [0.05, 0.1) is 18.7 Å². The second-order valence-electron chi connectivity index (χ2n) is 4.79. The van der Waals surface area contributed by atoms with Crippen LogP contribution in [0.4, 0.5) is 4.79 Å². The number of allylic oxidation sites excluding steroid dienone is 1. The SMILES string of the molecule is COC(=O)C1=C(C)NC(=O)N[C@H]1c1cc2c(cc1Br)OCO2. The Morgan fingerprint density at radius 2 is 2.05 bits per heavy atom. The lowest BCUT2D eigenvalue weighted by Gasteiger charge is -2.28. The van der Waals surface area contributed by atoms with E-state index in [1.54, 1.807) is 19.1 Å². The summed E-state index contributed by atoms with van der Waals surface area (Å²) < 4.78 is 16.2. The Labute approximate surface area is 134 Å². The van der Waals surface area contributed by atoms with E-state index in [0.29, 0.717) is 32.8 Å². The van der Waals surface area contributed by atoms with Crippen molar-refractivity contribution in [3.63, 3.8) is 0 Å². The number of nitrogens with one attached hydrogen (secondary N) is 2. The molecule has 0 aromatic heterocycles. The van der Waals surface area contributed by atoms with Crippen LogP contribution in [0.2, 0.25) is 0 Å². The third-order valence-electron chi connectivity index (χ3n) is 3.48. The number of carbonyl (C=O) groups excluding carboxylic acids is 2. The number of hydrogen-bond acceptors (Lipinski definition) is 5. The largest absolute Gasteiger partial charge is 0.466 e. The van der Waals surface area contributed by atoms with Gasteiger partial charge in [0, 0.05) is 10.2 Å². The van der Waals surface area contributed by atoms with E-state index in [4.69, 9.17) is 14.2 Å². The lowest BCUT2D eigenvalue weighted by atomic mass is 9.95. The number of halogens is 1. The van der Waals surface area contributed by atoms with E-state index in [1.165, 1.54) is 7.11 Å². The lowest BCUT2D eigenvalue weighted by Crippen LogP contribution is -2.45. The first-order chi connectivity index (χ1) is 10.5. The maximum Gasteiger partial charge on any atom is 0.337 e. The maximum absolute atomic E-state index is 12.1. The Morgan fingerprint density at radius 1 is 1.36 bits per heavy atom. The Hall–Kier alpha value is -2.22. The summed E-state index contributed by atoms with van der Waals surface area (Å²) in [7, 11) is 1.30. The number of benzene rings is 1. The molecule has 22 heavy (non-hydrogen) atoms. The van der Waals surface area contributed by atoms with Gasteiger partial charge in [0.1, 0.15) is 0 Å². The molecule has 0 spiro atoms. The van der Waals surface area contributed by atoms with Crippen LogP contribution < -0.4 is 20.1 Å². The molecule has 8 heteroatoms. The average molecular weight is 369 g/mol. The number of urea groups is 1. The summed E-state index contributed by atoms with van der Waals surface area (Å²) in [6.07, 6.45) is 0. The average Bonchev–Trinajstić information content (AvgIpc) is 2.91. The molecule has 1 atom stereocenters. The number of esters is 1. The van der Waals surface area contributed by atoms with Crippen molar-refractivity contribution in [1.29, 1.82) is 0 Å². The molecule has 0 aliphatic carbocycles. The van der Waals surface area contributed by atoms with Crippen LogP contribution in [0.15, 0.2) is 27.9 Å². The van der Waals surface area contributed by atoms with Crippen LogP contribution in [0.1, 0.15) is 18.5 Å². The molecule has 2 N–H and O–H groups in total. The number of ether oxygens (including phenoxy) is 3. The Kier molecular flexibility index (Phi) is 3.69. The number of rotatable bonds is 2. The van der Waals surface area contributed by atoms with Crippen molar-refractivity contribution in [3.8, 4) is 11.5 Å². The third-order valence-corrected chi connectivity index (χ3v) is 4.16. The van der Waals surface area contributed by atoms with Crippen LogP contribution >= 0.6 is 15.9 Å². The molecule has 0 saturated carbocycles. The fourth-order valence-corrected chi connectivity index (χ4v) is 3.01. The van der Waals surface area contributed by atoms with Gasteiger partial charge in [-0.15, -0.1) is 0 Å². The van der Waals surface area contributed by atoms with Gasteiger partial charge >= 0.3 is 12.0 Å². The van der Waals surface area contributed by atoms with Crippen molar-refractivity contribution < 1.29 is 23.8 Å². The van der Waals surface area contributed by atoms with E-state index in [2.05, 4.69) is 26.6 Å². The number of methoxy groups -OCH3 is 1. The van der Waals surface area contributed by atoms with Crippen molar-refractivity contribution >= 4 is 27.9 Å². The molecule has 0 saturated heterocycles. The Balaban J connectivity index is 2.10. The molecular formula is C14H13BrN2O5. The molecule has 7 nitrogen and oxygen atoms in total. The van der Waals surface area contributed by atoms with E-state index >= 15 is 0 Å². The van der Waals surface area contributed by atoms with Crippen molar-refractivity contribution in [1.82, 2.24) is 10.6 Å². The van der Waals surface area contributed by atoms with Gasteiger partial charge in [-0.05, 0) is 24.6 Å². The number of carbonyl (C=O) groups is 2. The fourth-order valence-electron chi connectivity index (χ4n) is 2.46. The topological polar surface area (TPSA) is 85.9 Å². The Bertz CT molecular complexity index is 701. The van der Waals surface area contributed by atoms with Gasteiger partial charge < -0.3 is 24.8 Å². The molecule has 2 heterocycles. The van der Waals surface area contributed by atoms with Crippen molar-refractivity contribution in [2.75, 3.05) is 13.9 Å². The number of fused-ring (bicyclic) bond motifs is 1. The zero-order valence-corrected chi connectivity index (χ0v) is 13.4. The summed E-state index contributed by atoms with van der Waals surface area (Å²) in [6.45, 7) is 1.79. The summed E-state index contributed by atoms with van der Waals surface area (Å²) in [4.78, 5) is 23.8. The highest BCUT2D eigenvalue weighted by Gasteiger charge is 2.34. The summed E-state index contributed by atoms with van der Waals surface area (Å²) in [5.74, 6) is 0.656.